The summed E-state index contributed by atoms with van der Waals surface area (Å²) >= 11 is 1.41. The van der Waals surface area contributed by atoms with Crippen molar-refractivity contribution in [1.29, 1.82) is 5.41 Å². The summed E-state index contributed by atoms with van der Waals surface area (Å²) in [6.07, 6.45) is 3.24. The summed E-state index contributed by atoms with van der Waals surface area (Å²) < 4.78 is 23.4. The number of aromatic nitrogens is 1. The number of amides is 2. The molecule has 0 aliphatic carbocycles. The summed E-state index contributed by atoms with van der Waals surface area (Å²) in [6, 6.07) is 14.4. The van der Waals surface area contributed by atoms with Crippen LogP contribution in [-0.2, 0) is 45.1 Å². The second-order valence-corrected chi connectivity index (χ2v) is 11.2. The van der Waals surface area contributed by atoms with Crippen molar-refractivity contribution in [2.24, 2.45) is 5.73 Å². The number of carbonyl (C=O) groups is 2. The summed E-state index contributed by atoms with van der Waals surface area (Å²) in [6.45, 7) is 1.43. The molecule has 0 radical (unpaired) electrons. The van der Waals surface area contributed by atoms with Gasteiger partial charge in [-0.3, -0.25) is 20.3 Å². The third-order valence-electron chi connectivity index (χ3n) is 5.09. The lowest BCUT2D eigenvalue weighted by atomic mass is 10.0. The van der Waals surface area contributed by atoms with Crippen molar-refractivity contribution in [2.45, 2.75) is 37.5 Å². The minimum Gasteiger partial charge on any atom is -0.370 e. The summed E-state index contributed by atoms with van der Waals surface area (Å²) in [5.41, 5.74) is 8.88. The predicted molar refractivity (Wildman–Crippen MR) is 136 cm³/mol. The fourth-order valence-electron chi connectivity index (χ4n) is 3.43. The van der Waals surface area contributed by atoms with Crippen molar-refractivity contribution >= 4 is 44.1 Å². The van der Waals surface area contributed by atoms with Crippen LogP contribution in [0.4, 0.5) is 5.13 Å². The molecule has 0 spiro atoms. The fraction of sp³-hybridized carbons (Fsp3) is 0.250. The Morgan fingerprint density at radius 2 is 1.60 bits per heavy atom. The van der Waals surface area contributed by atoms with Crippen LogP contribution in [0.1, 0.15) is 34.2 Å². The predicted octanol–water partition coefficient (Wildman–Crippen LogP) is 2.43. The van der Waals surface area contributed by atoms with Crippen LogP contribution in [0.15, 0.2) is 53.4 Å². The zero-order valence-corrected chi connectivity index (χ0v) is 21.1. The summed E-state index contributed by atoms with van der Waals surface area (Å²) in [5, 5.41) is 12.7. The third kappa shape index (κ3) is 8.01. The van der Waals surface area contributed by atoms with Crippen LogP contribution in [0.25, 0.3) is 0 Å². The third-order valence-corrected chi connectivity index (χ3v) is 7.23. The van der Waals surface area contributed by atoms with Gasteiger partial charge in [0.1, 0.15) is 0 Å². The van der Waals surface area contributed by atoms with E-state index in [9.17, 15) is 18.0 Å². The SMILES string of the molecule is CC(=O)Nc1nc(CCc2ccc(CC(=O)NC(=N)N)cc2)c(Cc2ccc(S(C)(=O)=O)cc2)s1. The molecule has 35 heavy (non-hydrogen) atoms. The largest absolute Gasteiger partial charge is 0.370 e. The molecule has 9 nitrogen and oxygen atoms in total. The van der Waals surface area contributed by atoms with Gasteiger partial charge in [-0.25, -0.2) is 13.4 Å². The highest BCUT2D eigenvalue weighted by Gasteiger charge is 2.14. The number of thiazole rings is 1. The molecule has 0 aliphatic heterocycles. The molecule has 184 valence electrons. The van der Waals surface area contributed by atoms with Crippen LogP contribution >= 0.6 is 11.3 Å². The second-order valence-electron chi connectivity index (χ2n) is 8.12. The van der Waals surface area contributed by atoms with Crippen LogP contribution in [0.2, 0.25) is 0 Å². The Morgan fingerprint density at radius 3 is 2.17 bits per heavy atom. The molecular formula is C24H27N5O4S2. The zero-order valence-electron chi connectivity index (χ0n) is 19.4. The van der Waals surface area contributed by atoms with Gasteiger partial charge in [0.25, 0.3) is 0 Å². The highest BCUT2D eigenvalue weighted by Crippen LogP contribution is 2.27. The van der Waals surface area contributed by atoms with Crippen LogP contribution in [-0.4, -0.2) is 37.4 Å². The number of rotatable bonds is 9. The summed E-state index contributed by atoms with van der Waals surface area (Å²) in [5.74, 6) is -0.915. The Bertz CT molecular complexity index is 1330. The molecule has 0 aliphatic rings. The molecular weight excluding hydrogens is 486 g/mol. The van der Waals surface area contributed by atoms with Gasteiger partial charge in [-0.15, -0.1) is 11.3 Å². The lowest BCUT2D eigenvalue weighted by Crippen LogP contribution is -2.36. The molecule has 1 heterocycles. The maximum Gasteiger partial charge on any atom is 0.231 e. The molecule has 1 aromatic heterocycles. The number of sulfone groups is 1. The van der Waals surface area contributed by atoms with Crippen molar-refractivity contribution in [2.75, 3.05) is 11.6 Å². The van der Waals surface area contributed by atoms with E-state index in [4.69, 9.17) is 11.1 Å². The molecule has 3 rings (SSSR count). The topological polar surface area (TPSA) is 155 Å². The van der Waals surface area contributed by atoms with Gasteiger partial charge in [0, 0.05) is 24.5 Å². The smallest absolute Gasteiger partial charge is 0.231 e. The van der Waals surface area contributed by atoms with E-state index in [2.05, 4.69) is 15.6 Å². The average molecular weight is 514 g/mol. The molecule has 2 amide bonds. The molecule has 0 fully saturated rings. The fourth-order valence-corrected chi connectivity index (χ4v) is 5.15. The van der Waals surface area contributed by atoms with E-state index >= 15 is 0 Å². The Kier molecular flexibility index (Phi) is 8.36. The molecule has 5 N–H and O–H groups in total. The van der Waals surface area contributed by atoms with E-state index in [0.717, 1.165) is 27.3 Å². The summed E-state index contributed by atoms with van der Waals surface area (Å²) in [4.78, 5) is 29.2. The zero-order chi connectivity index (χ0) is 25.6. The first-order valence-corrected chi connectivity index (χ1v) is 13.5. The van der Waals surface area contributed by atoms with Crippen molar-refractivity contribution in [1.82, 2.24) is 10.3 Å². The number of benzene rings is 2. The van der Waals surface area contributed by atoms with Gasteiger partial charge in [-0.05, 0) is 41.7 Å². The van der Waals surface area contributed by atoms with E-state index in [0.29, 0.717) is 24.4 Å². The highest BCUT2D eigenvalue weighted by molar-refractivity contribution is 7.90. The van der Waals surface area contributed by atoms with Crippen molar-refractivity contribution < 1.29 is 18.0 Å². The van der Waals surface area contributed by atoms with Crippen LogP contribution in [0.3, 0.4) is 0 Å². The molecule has 0 saturated carbocycles. The number of nitrogens with one attached hydrogen (secondary N) is 3. The van der Waals surface area contributed by atoms with Gasteiger partial charge in [0.15, 0.2) is 20.9 Å². The van der Waals surface area contributed by atoms with E-state index in [1.165, 1.54) is 24.5 Å². The molecule has 0 unspecified atom stereocenters. The maximum absolute atomic E-state index is 11.8. The van der Waals surface area contributed by atoms with Crippen LogP contribution < -0.4 is 16.4 Å². The van der Waals surface area contributed by atoms with Crippen LogP contribution in [0.5, 0.6) is 0 Å². The number of hydrogen-bond acceptors (Lipinski definition) is 7. The standard InChI is InChI=1S/C24H27N5O4S2/c1-15(30)27-24-28-20(21(34-24)13-17-7-10-19(11-8-17)35(2,32)33)12-9-16-3-5-18(6-4-16)14-22(31)29-23(25)26/h3-8,10-11H,9,12-14H2,1-2H3,(H,27,28,30)(H4,25,26,29,31). The van der Waals surface area contributed by atoms with E-state index in [-0.39, 0.29) is 29.1 Å². The lowest BCUT2D eigenvalue weighted by Gasteiger charge is -2.06. The lowest BCUT2D eigenvalue weighted by molar-refractivity contribution is -0.119. The molecule has 2 aromatic carbocycles. The number of carbonyl (C=O) groups excluding carboxylic acids is 2. The van der Waals surface area contributed by atoms with Crippen LogP contribution in [0, 0.1) is 5.41 Å². The first kappa shape index (κ1) is 26.0. The van der Waals surface area contributed by atoms with E-state index in [1.54, 1.807) is 24.3 Å². The minimum absolute atomic E-state index is 0.133. The van der Waals surface area contributed by atoms with Crippen molar-refractivity contribution in [3.8, 4) is 0 Å². The van der Waals surface area contributed by atoms with Crippen molar-refractivity contribution in [3.05, 3.63) is 75.8 Å². The molecule has 3 aromatic rings. The van der Waals surface area contributed by atoms with Crippen molar-refractivity contribution in [3.63, 3.8) is 0 Å². The minimum atomic E-state index is -3.26. The molecule has 0 atom stereocenters. The van der Waals surface area contributed by atoms with Gasteiger partial charge in [-0.2, -0.15) is 0 Å². The van der Waals surface area contributed by atoms with E-state index < -0.39 is 9.84 Å². The maximum atomic E-state index is 11.8. The monoisotopic (exact) mass is 513 g/mol. The van der Waals surface area contributed by atoms with Gasteiger partial charge < -0.3 is 11.1 Å². The number of hydrogen-bond donors (Lipinski definition) is 4. The number of guanidine groups is 1. The highest BCUT2D eigenvalue weighted by atomic mass is 32.2. The molecule has 0 saturated heterocycles. The Balaban J connectivity index is 1.71. The van der Waals surface area contributed by atoms with Gasteiger partial charge in [-0.1, -0.05) is 36.4 Å². The quantitative estimate of drug-likeness (QED) is 0.254. The Morgan fingerprint density at radius 1 is 1.00 bits per heavy atom. The number of nitrogens with zero attached hydrogens (tertiary/aromatic N) is 1. The molecule has 11 heteroatoms. The number of aryl methyl sites for hydroxylation is 2. The van der Waals surface area contributed by atoms with Gasteiger partial charge in [0.2, 0.25) is 11.8 Å². The van der Waals surface area contributed by atoms with Gasteiger partial charge in [0.05, 0.1) is 17.0 Å². The number of anilines is 1. The first-order valence-electron chi connectivity index (χ1n) is 10.8. The normalized spacial score (nSPS) is 11.1. The average Bonchev–Trinajstić information content (AvgIpc) is 3.12. The van der Waals surface area contributed by atoms with Gasteiger partial charge >= 0.3 is 0 Å². The number of nitrogens with two attached hydrogens (primary N) is 1. The Labute approximate surface area is 208 Å². The first-order chi connectivity index (χ1) is 16.5. The Hall–Kier alpha value is -3.57. The second kappa shape index (κ2) is 11.2. The summed E-state index contributed by atoms with van der Waals surface area (Å²) in [7, 11) is -3.26. The molecule has 0 bridgehead atoms. The van der Waals surface area contributed by atoms with E-state index in [1.807, 2.05) is 24.3 Å².